The van der Waals surface area contributed by atoms with Gasteiger partial charge in [0, 0.05) is 57.4 Å². The van der Waals surface area contributed by atoms with Gasteiger partial charge in [0.05, 0.1) is 11.2 Å². The molecule has 1 fully saturated rings. The van der Waals surface area contributed by atoms with Gasteiger partial charge in [-0.3, -0.25) is 4.79 Å². The maximum Gasteiger partial charge on any atom is 0.341 e. The fourth-order valence-corrected chi connectivity index (χ4v) is 3.62. The maximum atomic E-state index is 14.9. The molecule has 0 saturated carbocycles. The Labute approximate surface area is 163 Å². The van der Waals surface area contributed by atoms with E-state index in [0.717, 1.165) is 13.1 Å². The van der Waals surface area contributed by atoms with Crippen LogP contribution in [0.15, 0.2) is 23.1 Å². The van der Waals surface area contributed by atoms with E-state index in [2.05, 4.69) is 5.01 Å². The first-order chi connectivity index (χ1) is 13.0. The van der Waals surface area contributed by atoms with E-state index >= 15 is 0 Å². The van der Waals surface area contributed by atoms with Crippen molar-refractivity contribution in [3.8, 4) is 0 Å². The zero-order valence-electron chi connectivity index (χ0n) is 17.0. The van der Waals surface area contributed by atoms with Gasteiger partial charge in [0.15, 0.2) is 0 Å². The van der Waals surface area contributed by atoms with Gasteiger partial charge in [0.2, 0.25) is 5.43 Å². The van der Waals surface area contributed by atoms with Crippen molar-refractivity contribution in [2.24, 2.45) is 0 Å². The highest BCUT2D eigenvalue weighted by molar-refractivity contribution is 5.93. The Bertz CT molecular complexity index is 970. The number of pyridine rings is 1. The molecule has 7 nitrogen and oxygen atoms in total. The first kappa shape index (κ1) is 20.3. The Kier molecular flexibility index (Phi) is 5.20. The Hall–Kier alpha value is -2.45. The van der Waals surface area contributed by atoms with Gasteiger partial charge in [0.1, 0.15) is 11.4 Å². The van der Waals surface area contributed by atoms with Crippen LogP contribution in [0.3, 0.4) is 0 Å². The molecule has 2 aromatic rings. The van der Waals surface area contributed by atoms with E-state index in [1.165, 1.54) is 12.3 Å². The number of rotatable bonds is 3. The minimum absolute atomic E-state index is 0.0861. The molecule has 1 aliphatic heterocycles. The number of aromatic carboxylic acids is 1. The molecule has 0 aliphatic carbocycles. The van der Waals surface area contributed by atoms with Crippen molar-refractivity contribution in [3.63, 3.8) is 0 Å². The summed E-state index contributed by atoms with van der Waals surface area (Å²) in [6.07, 6.45) is 1.36. The quantitative estimate of drug-likeness (QED) is 0.867. The van der Waals surface area contributed by atoms with Gasteiger partial charge in [-0.1, -0.05) is 0 Å². The van der Waals surface area contributed by atoms with Crippen molar-refractivity contribution in [3.05, 3.63) is 39.9 Å². The average molecular weight is 390 g/mol. The smallest absolute Gasteiger partial charge is 0.341 e. The molecule has 1 aromatic carbocycles. The fourth-order valence-electron chi connectivity index (χ4n) is 3.62. The normalized spacial score (nSPS) is 16.2. The molecule has 0 unspecified atom stereocenters. The Morgan fingerprint density at radius 2 is 1.75 bits per heavy atom. The lowest BCUT2D eigenvalue weighted by atomic mass is 10.0. The molecular weight excluding hydrogens is 363 g/mol. The number of nitrogens with zero attached hydrogens (tertiary/aromatic N) is 4. The molecule has 1 saturated heterocycles. The van der Waals surface area contributed by atoms with E-state index in [0.29, 0.717) is 24.3 Å². The van der Waals surface area contributed by atoms with Crippen molar-refractivity contribution < 1.29 is 14.3 Å². The van der Waals surface area contributed by atoms with Gasteiger partial charge in [-0.15, -0.1) is 0 Å². The zero-order valence-corrected chi connectivity index (χ0v) is 17.0. The highest BCUT2D eigenvalue weighted by atomic mass is 19.1. The van der Waals surface area contributed by atoms with Crippen LogP contribution in [-0.4, -0.2) is 65.9 Å². The molecule has 0 spiro atoms. The number of aromatic nitrogens is 1. The van der Waals surface area contributed by atoms with Crippen molar-refractivity contribution in [2.45, 2.75) is 26.3 Å². The van der Waals surface area contributed by atoms with Crippen LogP contribution in [0, 0.1) is 5.82 Å². The number of hydrogen-bond donors (Lipinski definition) is 1. The Morgan fingerprint density at radius 1 is 1.14 bits per heavy atom. The summed E-state index contributed by atoms with van der Waals surface area (Å²) in [7, 11) is 3.96. The lowest BCUT2D eigenvalue weighted by Crippen LogP contribution is -2.51. The molecule has 1 aliphatic rings. The summed E-state index contributed by atoms with van der Waals surface area (Å²) in [4.78, 5) is 26.1. The first-order valence-corrected chi connectivity index (χ1v) is 9.30. The maximum absolute atomic E-state index is 14.9. The summed E-state index contributed by atoms with van der Waals surface area (Å²) in [5, 5.41) is 13.7. The highest BCUT2D eigenvalue weighted by Crippen LogP contribution is 2.29. The number of hydrazine groups is 1. The van der Waals surface area contributed by atoms with Crippen LogP contribution >= 0.6 is 0 Å². The van der Waals surface area contributed by atoms with E-state index in [1.54, 1.807) is 10.6 Å². The number of anilines is 1. The third kappa shape index (κ3) is 3.62. The lowest BCUT2D eigenvalue weighted by molar-refractivity contribution is 0.0200. The number of fused-ring (bicyclic) bond motifs is 1. The molecule has 152 valence electrons. The summed E-state index contributed by atoms with van der Waals surface area (Å²) in [6.45, 7) is 8.62. The van der Waals surface area contributed by atoms with E-state index in [1.807, 2.05) is 44.8 Å². The van der Waals surface area contributed by atoms with Crippen LogP contribution in [0.25, 0.3) is 10.9 Å². The van der Waals surface area contributed by atoms with E-state index in [4.69, 9.17) is 0 Å². The second-order valence-electron chi connectivity index (χ2n) is 8.33. The summed E-state index contributed by atoms with van der Waals surface area (Å²) >= 11 is 0. The minimum Gasteiger partial charge on any atom is -0.477 e. The standard InChI is InChI=1S/C20H27FN4O3/c1-20(2,3)25-12-14(19(27)28)18(26)13-10-15(21)17(11-16(13)25)23-6-8-24(9-7-23)22(4)5/h10-12H,6-9H2,1-5H3,(H,27,28). The summed E-state index contributed by atoms with van der Waals surface area (Å²) < 4.78 is 16.7. The number of carboxylic acids is 1. The molecule has 0 radical (unpaired) electrons. The molecule has 0 bridgehead atoms. The number of benzene rings is 1. The molecule has 1 N–H and O–H groups in total. The average Bonchev–Trinajstić information content (AvgIpc) is 2.60. The largest absolute Gasteiger partial charge is 0.477 e. The van der Waals surface area contributed by atoms with Crippen LogP contribution in [0.1, 0.15) is 31.1 Å². The van der Waals surface area contributed by atoms with Gasteiger partial charge in [-0.2, -0.15) is 0 Å². The molecule has 8 heteroatoms. The third-order valence-corrected chi connectivity index (χ3v) is 5.19. The summed E-state index contributed by atoms with van der Waals surface area (Å²) in [5.41, 5.74) is -0.519. The van der Waals surface area contributed by atoms with Crippen LogP contribution in [0.5, 0.6) is 0 Å². The van der Waals surface area contributed by atoms with Crippen molar-refractivity contribution in [1.29, 1.82) is 0 Å². The van der Waals surface area contributed by atoms with Gasteiger partial charge in [-0.05, 0) is 32.9 Å². The fraction of sp³-hybridized carbons (Fsp3) is 0.500. The second kappa shape index (κ2) is 7.18. The number of halogens is 1. The topological polar surface area (TPSA) is 69.0 Å². The van der Waals surface area contributed by atoms with E-state index in [9.17, 15) is 19.1 Å². The minimum atomic E-state index is -1.31. The number of hydrogen-bond acceptors (Lipinski definition) is 5. The molecule has 0 amide bonds. The first-order valence-electron chi connectivity index (χ1n) is 9.30. The van der Waals surface area contributed by atoms with Gasteiger partial charge in [-0.25, -0.2) is 19.2 Å². The monoisotopic (exact) mass is 390 g/mol. The predicted octanol–water partition coefficient (Wildman–Crippen LogP) is 2.19. The third-order valence-electron chi connectivity index (χ3n) is 5.19. The number of carboxylic acid groups (broad SMARTS) is 1. The SMILES string of the molecule is CN(C)N1CCN(c2cc3c(cc2F)c(=O)c(C(=O)O)cn3C(C)(C)C)CC1. The van der Waals surface area contributed by atoms with Crippen LogP contribution in [0.2, 0.25) is 0 Å². The second-order valence-corrected chi connectivity index (χ2v) is 8.33. The van der Waals surface area contributed by atoms with Crippen LogP contribution in [0.4, 0.5) is 10.1 Å². The van der Waals surface area contributed by atoms with E-state index < -0.39 is 22.8 Å². The van der Waals surface area contributed by atoms with Crippen molar-refractivity contribution >= 4 is 22.6 Å². The molecule has 0 atom stereocenters. The number of piperazine rings is 1. The summed E-state index contributed by atoms with van der Waals surface area (Å²) in [6, 6.07) is 2.86. The highest BCUT2D eigenvalue weighted by Gasteiger charge is 2.25. The zero-order chi connectivity index (χ0) is 20.8. The van der Waals surface area contributed by atoms with Gasteiger partial charge < -0.3 is 14.6 Å². The molecule has 3 rings (SSSR count). The predicted molar refractivity (Wildman–Crippen MR) is 108 cm³/mol. The number of carbonyl (C=O) groups is 1. The Morgan fingerprint density at radius 3 is 2.25 bits per heavy atom. The van der Waals surface area contributed by atoms with Crippen LogP contribution < -0.4 is 10.3 Å². The van der Waals surface area contributed by atoms with E-state index in [-0.39, 0.29) is 10.9 Å². The molecule has 2 heterocycles. The lowest BCUT2D eigenvalue weighted by Gasteiger charge is -2.39. The van der Waals surface area contributed by atoms with Gasteiger partial charge in [0.25, 0.3) is 0 Å². The van der Waals surface area contributed by atoms with Crippen molar-refractivity contribution in [2.75, 3.05) is 45.2 Å². The molecular formula is C20H27FN4O3. The Balaban J connectivity index is 2.16. The van der Waals surface area contributed by atoms with Crippen molar-refractivity contribution in [1.82, 2.24) is 14.6 Å². The van der Waals surface area contributed by atoms with Crippen LogP contribution in [-0.2, 0) is 5.54 Å². The molecule has 1 aromatic heterocycles. The molecule has 28 heavy (non-hydrogen) atoms. The summed E-state index contributed by atoms with van der Waals surface area (Å²) in [5.74, 6) is -1.82. The van der Waals surface area contributed by atoms with Gasteiger partial charge >= 0.3 is 5.97 Å².